The Morgan fingerprint density at radius 3 is 2.73 bits per heavy atom. The Morgan fingerprint density at radius 1 is 1.12 bits per heavy atom. The van der Waals surface area contributed by atoms with Gasteiger partial charge in [-0.15, -0.1) is 0 Å². The van der Waals surface area contributed by atoms with E-state index < -0.39 is 0 Å². The van der Waals surface area contributed by atoms with Crippen LogP contribution in [0.4, 0.5) is 0 Å². The molecule has 1 aromatic carbocycles. The number of hydrogen-bond donors (Lipinski definition) is 3. The molecule has 0 unspecified atom stereocenters. The van der Waals surface area contributed by atoms with Gasteiger partial charge < -0.3 is 20.4 Å². The van der Waals surface area contributed by atoms with Crippen LogP contribution in [0.25, 0.3) is 0 Å². The van der Waals surface area contributed by atoms with E-state index in [4.69, 9.17) is 4.42 Å². The highest BCUT2D eigenvalue weighted by atomic mass is 16.3. The summed E-state index contributed by atoms with van der Waals surface area (Å²) < 4.78 is 5.23. The van der Waals surface area contributed by atoms with Crippen LogP contribution in [0, 0.1) is 0 Å². The summed E-state index contributed by atoms with van der Waals surface area (Å²) in [7, 11) is 0. The first-order valence-corrected chi connectivity index (χ1v) is 9.14. The number of unbranched alkanes of at least 4 members (excludes halogenated alkanes) is 1. The van der Waals surface area contributed by atoms with Crippen molar-refractivity contribution in [1.82, 2.24) is 16.0 Å². The van der Waals surface area contributed by atoms with Gasteiger partial charge in [0.15, 0.2) is 5.96 Å². The summed E-state index contributed by atoms with van der Waals surface area (Å²) in [6, 6.07) is 11.2. The molecule has 0 atom stereocenters. The van der Waals surface area contributed by atoms with E-state index in [1.807, 2.05) is 31.2 Å². The predicted octanol–water partition coefficient (Wildman–Crippen LogP) is 3.06. The number of guanidine groups is 1. The number of hydrogen-bond acceptors (Lipinski definition) is 3. The summed E-state index contributed by atoms with van der Waals surface area (Å²) in [4.78, 5) is 16.9. The van der Waals surface area contributed by atoms with E-state index in [1.165, 1.54) is 0 Å². The number of nitrogens with one attached hydrogen (secondary N) is 3. The molecule has 6 nitrogen and oxygen atoms in total. The first-order chi connectivity index (χ1) is 12.7. The third kappa shape index (κ3) is 6.63. The second-order valence-electron chi connectivity index (χ2n) is 5.94. The van der Waals surface area contributed by atoms with E-state index in [0.717, 1.165) is 43.2 Å². The van der Waals surface area contributed by atoms with Crippen LogP contribution in [0.2, 0.25) is 0 Å². The zero-order valence-corrected chi connectivity index (χ0v) is 15.5. The van der Waals surface area contributed by atoms with Gasteiger partial charge in [0, 0.05) is 18.7 Å². The van der Waals surface area contributed by atoms with Gasteiger partial charge in [-0.2, -0.15) is 0 Å². The van der Waals surface area contributed by atoms with Crippen LogP contribution in [-0.2, 0) is 13.1 Å². The number of aliphatic imine (C=N–C) groups is 1. The second-order valence-corrected chi connectivity index (χ2v) is 5.94. The number of rotatable bonds is 9. The molecule has 0 fully saturated rings. The lowest BCUT2D eigenvalue weighted by Crippen LogP contribution is -2.37. The fraction of sp³-hybridized carbons (Fsp3) is 0.400. The average Bonchev–Trinajstić information content (AvgIpc) is 3.18. The van der Waals surface area contributed by atoms with Crippen LogP contribution in [-0.4, -0.2) is 25.0 Å². The Balaban J connectivity index is 1.93. The maximum Gasteiger partial charge on any atom is 0.251 e. The minimum absolute atomic E-state index is 0.125. The number of furan rings is 1. The molecule has 2 rings (SSSR count). The molecule has 26 heavy (non-hydrogen) atoms. The lowest BCUT2D eigenvalue weighted by molar-refractivity contribution is 0.0948. The average molecular weight is 356 g/mol. The first-order valence-electron chi connectivity index (χ1n) is 9.14. The Kier molecular flexibility index (Phi) is 8.26. The van der Waals surface area contributed by atoms with Gasteiger partial charge in [0.2, 0.25) is 0 Å². The lowest BCUT2D eigenvalue weighted by atomic mass is 10.1. The molecule has 2 aromatic rings. The molecule has 1 amide bonds. The van der Waals surface area contributed by atoms with Crippen LogP contribution in [0.15, 0.2) is 52.1 Å². The van der Waals surface area contributed by atoms with Crippen molar-refractivity contribution in [3.05, 3.63) is 59.5 Å². The van der Waals surface area contributed by atoms with Crippen molar-refractivity contribution in [3.63, 3.8) is 0 Å². The van der Waals surface area contributed by atoms with Gasteiger partial charge in [0.1, 0.15) is 5.76 Å². The number of carbonyl (C=O) groups is 1. The number of amides is 1. The molecule has 6 heteroatoms. The standard InChI is InChI=1S/C20H28N4O2/c1-3-5-11-22-20(21-4-2)24-14-16-8-6-9-17(13-16)19(25)23-15-18-10-7-12-26-18/h6-10,12-13H,3-5,11,14-15H2,1-2H3,(H,23,25)(H2,21,22,24). The smallest absolute Gasteiger partial charge is 0.251 e. The van der Waals surface area contributed by atoms with Crippen molar-refractivity contribution < 1.29 is 9.21 Å². The molecule has 0 saturated heterocycles. The highest BCUT2D eigenvalue weighted by Gasteiger charge is 2.07. The largest absolute Gasteiger partial charge is 0.467 e. The van der Waals surface area contributed by atoms with Gasteiger partial charge in [-0.3, -0.25) is 4.79 Å². The SMILES string of the molecule is CCCCNC(=NCc1cccc(C(=O)NCc2ccco2)c1)NCC. The monoisotopic (exact) mass is 356 g/mol. The van der Waals surface area contributed by atoms with E-state index in [9.17, 15) is 4.79 Å². The van der Waals surface area contributed by atoms with Gasteiger partial charge in [-0.1, -0.05) is 25.5 Å². The maximum atomic E-state index is 12.3. The van der Waals surface area contributed by atoms with Crippen molar-refractivity contribution in [2.45, 2.75) is 39.8 Å². The zero-order valence-electron chi connectivity index (χ0n) is 15.5. The fourth-order valence-corrected chi connectivity index (χ4v) is 2.39. The van der Waals surface area contributed by atoms with E-state index >= 15 is 0 Å². The molecule has 1 aromatic heterocycles. The molecule has 0 aliphatic rings. The van der Waals surface area contributed by atoms with Crippen LogP contribution in [0.1, 0.15) is 48.4 Å². The van der Waals surface area contributed by atoms with Crippen molar-refractivity contribution >= 4 is 11.9 Å². The molecule has 0 radical (unpaired) electrons. The van der Waals surface area contributed by atoms with Crippen molar-refractivity contribution in [3.8, 4) is 0 Å². The Morgan fingerprint density at radius 2 is 2.00 bits per heavy atom. The summed E-state index contributed by atoms with van der Waals surface area (Å²) >= 11 is 0. The van der Waals surface area contributed by atoms with Gasteiger partial charge in [-0.25, -0.2) is 4.99 Å². The van der Waals surface area contributed by atoms with Crippen LogP contribution in [0.5, 0.6) is 0 Å². The van der Waals surface area contributed by atoms with Crippen LogP contribution >= 0.6 is 0 Å². The molecule has 0 bridgehead atoms. The van der Waals surface area contributed by atoms with Crippen LogP contribution < -0.4 is 16.0 Å². The van der Waals surface area contributed by atoms with Crippen molar-refractivity contribution in [1.29, 1.82) is 0 Å². The molecular formula is C20H28N4O2. The summed E-state index contributed by atoms with van der Waals surface area (Å²) in [5.41, 5.74) is 1.61. The molecule has 1 heterocycles. The molecule has 0 spiro atoms. The normalized spacial score (nSPS) is 11.2. The highest BCUT2D eigenvalue weighted by molar-refractivity contribution is 5.94. The summed E-state index contributed by atoms with van der Waals surface area (Å²) in [6.07, 6.45) is 3.84. The van der Waals surface area contributed by atoms with E-state index in [-0.39, 0.29) is 5.91 Å². The third-order valence-electron chi connectivity index (χ3n) is 3.78. The first kappa shape index (κ1) is 19.6. The summed E-state index contributed by atoms with van der Waals surface area (Å²) in [5.74, 6) is 1.40. The maximum absolute atomic E-state index is 12.3. The van der Waals surface area contributed by atoms with Gasteiger partial charge in [0.05, 0.1) is 19.4 Å². The fourth-order valence-electron chi connectivity index (χ4n) is 2.39. The molecule has 0 saturated carbocycles. The summed E-state index contributed by atoms with van der Waals surface area (Å²) in [5, 5.41) is 9.40. The van der Waals surface area contributed by atoms with Crippen molar-refractivity contribution in [2.24, 2.45) is 4.99 Å². The second kappa shape index (κ2) is 11.0. The quantitative estimate of drug-likeness (QED) is 0.366. The van der Waals surface area contributed by atoms with Gasteiger partial charge in [-0.05, 0) is 43.2 Å². The van der Waals surface area contributed by atoms with Crippen molar-refractivity contribution in [2.75, 3.05) is 13.1 Å². The zero-order chi connectivity index (χ0) is 18.6. The number of carbonyl (C=O) groups excluding carboxylic acids is 1. The Bertz CT molecular complexity index is 696. The lowest BCUT2D eigenvalue weighted by Gasteiger charge is -2.11. The molecule has 3 N–H and O–H groups in total. The Hall–Kier alpha value is -2.76. The van der Waals surface area contributed by atoms with E-state index in [2.05, 4.69) is 27.9 Å². The highest BCUT2D eigenvalue weighted by Crippen LogP contribution is 2.08. The summed E-state index contributed by atoms with van der Waals surface area (Å²) in [6.45, 7) is 6.81. The van der Waals surface area contributed by atoms with E-state index in [1.54, 1.807) is 18.4 Å². The van der Waals surface area contributed by atoms with Gasteiger partial charge >= 0.3 is 0 Å². The molecular weight excluding hydrogens is 328 g/mol. The van der Waals surface area contributed by atoms with Gasteiger partial charge in [0.25, 0.3) is 5.91 Å². The molecule has 140 valence electrons. The van der Waals surface area contributed by atoms with Crippen LogP contribution in [0.3, 0.4) is 0 Å². The third-order valence-corrected chi connectivity index (χ3v) is 3.78. The topological polar surface area (TPSA) is 78.7 Å². The number of nitrogens with zero attached hydrogens (tertiary/aromatic N) is 1. The van der Waals surface area contributed by atoms with E-state index in [0.29, 0.717) is 18.7 Å². The minimum atomic E-state index is -0.125. The molecule has 0 aliphatic carbocycles. The molecule has 0 aliphatic heterocycles. The predicted molar refractivity (Wildman–Crippen MR) is 104 cm³/mol. The number of benzene rings is 1. The minimum Gasteiger partial charge on any atom is -0.467 e. The Labute approximate surface area is 155 Å².